The van der Waals surface area contributed by atoms with Gasteiger partial charge in [-0.1, -0.05) is 91.0 Å². The van der Waals surface area contributed by atoms with E-state index < -0.39 is 0 Å². The maximum Gasteiger partial charge on any atom is 0.234 e. The number of hydrogen-bond donors (Lipinski definition) is 1. The van der Waals surface area contributed by atoms with E-state index in [9.17, 15) is 4.79 Å². The molecule has 5 nitrogen and oxygen atoms in total. The van der Waals surface area contributed by atoms with Crippen LogP contribution in [0.4, 0.5) is 0 Å². The zero-order valence-electron chi connectivity index (χ0n) is 21.0. The van der Waals surface area contributed by atoms with Gasteiger partial charge in [0.1, 0.15) is 0 Å². The third-order valence-corrected chi connectivity index (χ3v) is 7.83. The lowest BCUT2D eigenvalue weighted by atomic mass is 9.74. The molecule has 0 aromatic heterocycles. The molecule has 0 saturated carbocycles. The molecule has 2 aliphatic heterocycles. The Balaban J connectivity index is 1.17. The van der Waals surface area contributed by atoms with Gasteiger partial charge in [-0.25, -0.2) is 0 Å². The van der Waals surface area contributed by atoms with E-state index in [0.717, 1.165) is 52.2 Å². The molecule has 2 saturated heterocycles. The zero-order chi connectivity index (χ0) is 24.6. The molecule has 5 heteroatoms. The third kappa shape index (κ3) is 5.86. The monoisotopic (exact) mass is 483 g/mol. The normalized spacial score (nSPS) is 18.7. The Morgan fingerprint density at radius 2 is 1.31 bits per heavy atom. The van der Waals surface area contributed by atoms with Crippen molar-refractivity contribution in [2.75, 3.05) is 52.5 Å². The van der Waals surface area contributed by atoms with Crippen molar-refractivity contribution in [1.29, 1.82) is 0 Å². The smallest absolute Gasteiger partial charge is 0.234 e. The molecule has 0 aliphatic carbocycles. The number of nitrogens with one attached hydrogen (secondary N) is 1. The highest BCUT2D eigenvalue weighted by Gasteiger charge is 2.35. The predicted octanol–water partition coefficient (Wildman–Crippen LogP) is 4.26. The lowest BCUT2D eigenvalue weighted by molar-refractivity contribution is -0.123. The minimum atomic E-state index is -0.0353. The summed E-state index contributed by atoms with van der Waals surface area (Å²) in [5.74, 6) is 0.118. The van der Waals surface area contributed by atoms with Gasteiger partial charge in [0.2, 0.25) is 5.91 Å². The summed E-state index contributed by atoms with van der Waals surface area (Å²) in [6, 6.07) is 32.3. The van der Waals surface area contributed by atoms with Crippen LogP contribution in [0.2, 0.25) is 0 Å². The van der Waals surface area contributed by atoms with E-state index in [4.69, 9.17) is 4.74 Å². The molecule has 3 aromatic rings. The fraction of sp³-hybridized carbons (Fsp3) is 0.387. The number of rotatable bonds is 8. The molecule has 0 spiro atoms. The molecule has 0 unspecified atom stereocenters. The van der Waals surface area contributed by atoms with E-state index in [-0.39, 0.29) is 17.4 Å². The second-order valence-electron chi connectivity index (χ2n) is 10.1. The average Bonchev–Trinajstić information content (AvgIpc) is 2.95. The van der Waals surface area contributed by atoms with Gasteiger partial charge in [-0.05, 0) is 29.5 Å². The fourth-order valence-electron chi connectivity index (χ4n) is 5.71. The Bertz CT molecular complexity index is 1040. The van der Waals surface area contributed by atoms with Crippen molar-refractivity contribution in [2.24, 2.45) is 0 Å². The minimum Gasteiger partial charge on any atom is -0.381 e. The summed E-state index contributed by atoms with van der Waals surface area (Å²) in [6.45, 7) is 6.27. The van der Waals surface area contributed by atoms with Crippen LogP contribution in [-0.2, 0) is 14.9 Å². The maximum absolute atomic E-state index is 13.0. The topological polar surface area (TPSA) is 44.8 Å². The molecule has 0 atom stereocenters. The first kappa shape index (κ1) is 24.7. The van der Waals surface area contributed by atoms with Crippen LogP contribution in [0.5, 0.6) is 0 Å². The number of carbonyl (C=O) groups is 1. The summed E-state index contributed by atoms with van der Waals surface area (Å²) in [5, 5.41) is 3.27. The van der Waals surface area contributed by atoms with E-state index in [1.54, 1.807) is 0 Å². The Labute approximate surface area is 215 Å². The second-order valence-corrected chi connectivity index (χ2v) is 10.1. The third-order valence-electron chi connectivity index (χ3n) is 7.83. The van der Waals surface area contributed by atoms with Gasteiger partial charge in [0.25, 0.3) is 0 Å². The number of nitrogens with zero attached hydrogens (tertiary/aromatic N) is 2. The summed E-state index contributed by atoms with van der Waals surface area (Å²) in [5.41, 5.74) is 3.90. The first-order valence-corrected chi connectivity index (χ1v) is 13.2. The molecule has 1 amide bonds. The number of benzene rings is 3. The van der Waals surface area contributed by atoms with Crippen LogP contribution < -0.4 is 5.32 Å². The van der Waals surface area contributed by atoms with E-state index in [1.807, 2.05) is 0 Å². The number of piperazine rings is 1. The molecule has 2 heterocycles. The Hall–Kier alpha value is -2.99. The average molecular weight is 484 g/mol. The molecule has 0 bridgehead atoms. The highest BCUT2D eigenvalue weighted by Crippen LogP contribution is 2.34. The second kappa shape index (κ2) is 11.8. The summed E-state index contributed by atoms with van der Waals surface area (Å²) in [7, 11) is 0. The minimum absolute atomic E-state index is 0.0353. The lowest BCUT2D eigenvalue weighted by Crippen LogP contribution is -2.52. The molecule has 2 aliphatic rings. The maximum atomic E-state index is 13.0. The van der Waals surface area contributed by atoms with Crippen molar-refractivity contribution >= 4 is 5.91 Å². The van der Waals surface area contributed by atoms with Crippen molar-refractivity contribution in [1.82, 2.24) is 15.1 Å². The zero-order valence-corrected chi connectivity index (χ0v) is 21.0. The molecule has 1 N–H and O–H groups in total. The fourth-order valence-corrected chi connectivity index (χ4v) is 5.71. The summed E-state index contributed by atoms with van der Waals surface area (Å²) in [6.07, 6.45) is 1.88. The van der Waals surface area contributed by atoms with Crippen molar-refractivity contribution in [3.8, 4) is 0 Å². The Morgan fingerprint density at radius 3 is 1.86 bits per heavy atom. The summed E-state index contributed by atoms with van der Waals surface area (Å²) >= 11 is 0. The quantitative estimate of drug-likeness (QED) is 0.520. The first-order chi connectivity index (χ1) is 17.7. The van der Waals surface area contributed by atoms with Gasteiger partial charge in [0, 0.05) is 51.4 Å². The summed E-state index contributed by atoms with van der Waals surface area (Å²) in [4.78, 5) is 17.8. The lowest BCUT2D eigenvalue weighted by Gasteiger charge is -2.40. The molecule has 3 aromatic carbocycles. The Morgan fingerprint density at radius 1 is 0.778 bits per heavy atom. The van der Waals surface area contributed by atoms with E-state index in [2.05, 4.69) is 106 Å². The molecule has 36 heavy (non-hydrogen) atoms. The first-order valence-electron chi connectivity index (χ1n) is 13.2. The molecule has 188 valence electrons. The molecule has 2 fully saturated rings. The van der Waals surface area contributed by atoms with Gasteiger partial charge in [-0.2, -0.15) is 0 Å². The number of ether oxygens (including phenoxy) is 1. The van der Waals surface area contributed by atoms with Crippen LogP contribution in [0.15, 0.2) is 91.0 Å². The number of hydrogen-bond acceptors (Lipinski definition) is 4. The van der Waals surface area contributed by atoms with E-state index in [0.29, 0.717) is 13.1 Å². The Kier molecular flexibility index (Phi) is 8.11. The van der Waals surface area contributed by atoms with Crippen LogP contribution in [0.25, 0.3) is 0 Å². The van der Waals surface area contributed by atoms with E-state index >= 15 is 0 Å². The van der Waals surface area contributed by atoms with Gasteiger partial charge in [-0.3, -0.25) is 14.6 Å². The van der Waals surface area contributed by atoms with Crippen LogP contribution in [0, 0.1) is 0 Å². The van der Waals surface area contributed by atoms with Gasteiger partial charge in [0.05, 0.1) is 12.6 Å². The van der Waals surface area contributed by atoms with Crippen LogP contribution >= 0.6 is 0 Å². The van der Waals surface area contributed by atoms with Gasteiger partial charge >= 0.3 is 0 Å². The highest BCUT2D eigenvalue weighted by atomic mass is 16.5. The van der Waals surface area contributed by atoms with Crippen LogP contribution in [0.3, 0.4) is 0 Å². The van der Waals surface area contributed by atoms with Gasteiger partial charge < -0.3 is 10.1 Å². The summed E-state index contributed by atoms with van der Waals surface area (Å²) < 4.78 is 5.64. The van der Waals surface area contributed by atoms with Crippen molar-refractivity contribution < 1.29 is 9.53 Å². The van der Waals surface area contributed by atoms with Crippen molar-refractivity contribution in [3.05, 3.63) is 108 Å². The number of carbonyl (C=O) groups excluding carboxylic acids is 1. The molecular formula is C31H37N3O2. The molecule has 0 radical (unpaired) electrons. The SMILES string of the molecule is O=C(CN1CCN(C(c2ccccc2)c2ccccc2)CC1)NCC1(c2ccccc2)CCOCC1. The van der Waals surface area contributed by atoms with Crippen molar-refractivity contribution in [3.63, 3.8) is 0 Å². The van der Waals surface area contributed by atoms with E-state index in [1.165, 1.54) is 16.7 Å². The van der Waals surface area contributed by atoms with Crippen LogP contribution in [-0.4, -0.2) is 68.2 Å². The van der Waals surface area contributed by atoms with Gasteiger partial charge in [-0.15, -0.1) is 0 Å². The van der Waals surface area contributed by atoms with Crippen molar-refractivity contribution in [2.45, 2.75) is 24.3 Å². The highest BCUT2D eigenvalue weighted by molar-refractivity contribution is 5.78. The molecular weight excluding hydrogens is 446 g/mol. The molecule has 5 rings (SSSR count). The number of amides is 1. The largest absolute Gasteiger partial charge is 0.381 e. The van der Waals surface area contributed by atoms with Crippen LogP contribution in [0.1, 0.15) is 35.6 Å². The predicted molar refractivity (Wildman–Crippen MR) is 144 cm³/mol. The standard InChI is InChI=1S/C31H37N3O2/c35-29(32-25-31(16-22-36-23-17-31)28-14-8-3-9-15-28)24-33-18-20-34(21-19-33)30(26-10-4-1-5-11-26)27-12-6-2-7-13-27/h1-15,30H,16-25H2,(H,32,35). The van der Waals surface area contributed by atoms with Gasteiger partial charge in [0.15, 0.2) is 0 Å².